The van der Waals surface area contributed by atoms with Crippen molar-refractivity contribution in [2.75, 3.05) is 16.2 Å². The van der Waals surface area contributed by atoms with E-state index in [1.807, 2.05) is 12.1 Å². The van der Waals surface area contributed by atoms with Crippen LogP contribution in [0.25, 0.3) is 0 Å². The molecule has 1 amide bonds. The van der Waals surface area contributed by atoms with Crippen LogP contribution in [0.1, 0.15) is 15.9 Å². The molecule has 5 nitrogen and oxygen atoms in total. The predicted molar refractivity (Wildman–Crippen MR) is 105 cm³/mol. The van der Waals surface area contributed by atoms with Gasteiger partial charge in [-0.25, -0.2) is 12.8 Å². The lowest BCUT2D eigenvalue weighted by Crippen LogP contribution is -2.29. The number of benzene rings is 3. The summed E-state index contributed by atoms with van der Waals surface area (Å²) in [5, 5.41) is 2.47. The Hall–Kier alpha value is -3.19. The highest BCUT2D eigenvalue weighted by Gasteiger charge is 2.30. The van der Waals surface area contributed by atoms with Crippen molar-refractivity contribution in [3.63, 3.8) is 0 Å². The van der Waals surface area contributed by atoms with Gasteiger partial charge in [0.05, 0.1) is 16.3 Å². The van der Waals surface area contributed by atoms with Crippen LogP contribution in [0.3, 0.4) is 0 Å². The summed E-state index contributed by atoms with van der Waals surface area (Å²) in [7, 11) is -3.81. The molecule has 0 aliphatic carbocycles. The Morgan fingerprint density at radius 1 is 0.964 bits per heavy atom. The first-order chi connectivity index (χ1) is 13.5. The van der Waals surface area contributed by atoms with E-state index in [2.05, 4.69) is 5.32 Å². The molecule has 142 valence electrons. The maximum absolute atomic E-state index is 13.8. The number of amides is 1. The average Bonchev–Trinajstić information content (AvgIpc) is 3.15. The van der Waals surface area contributed by atoms with Crippen molar-refractivity contribution >= 4 is 27.3 Å². The third-order valence-electron chi connectivity index (χ3n) is 4.65. The number of rotatable bonds is 4. The van der Waals surface area contributed by atoms with Gasteiger partial charge in [0, 0.05) is 12.1 Å². The number of nitrogens with one attached hydrogen (secondary N) is 1. The molecule has 0 saturated heterocycles. The van der Waals surface area contributed by atoms with Gasteiger partial charge < -0.3 is 5.32 Å². The Bertz CT molecular complexity index is 1160. The molecule has 1 heterocycles. The number of carbonyl (C=O) groups is 1. The van der Waals surface area contributed by atoms with Gasteiger partial charge >= 0.3 is 0 Å². The summed E-state index contributed by atoms with van der Waals surface area (Å²) in [5.41, 5.74) is 1.80. The van der Waals surface area contributed by atoms with Gasteiger partial charge in [0.2, 0.25) is 0 Å². The largest absolute Gasteiger partial charge is 0.319 e. The van der Waals surface area contributed by atoms with Gasteiger partial charge in [0.25, 0.3) is 15.9 Å². The number of carbonyl (C=O) groups excluding carboxylic acids is 1. The first-order valence-electron chi connectivity index (χ1n) is 8.73. The fourth-order valence-electron chi connectivity index (χ4n) is 3.24. The monoisotopic (exact) mass is 396 g/mol. The molecule has 4 rings (SSSR count). The van der Waals surface area contributed by atoms with E-state index in [4.69, 9.17) is 0 Å². The molecule has 0 spiro atoms. The molecule has 0 aromatic heterocycles. The Morgan fingerprint density at radius 2 is 1.71 bits per heavy atom. The van der Waals surface area contributed by atoms with Gasteiger partial charge in [-0.2, -0.15) is 0 Å². The standard InChI is InChI=1S/C21H17FN2O3S/c22-18-9-2-3-10-19(18)23-21(25)16-7-5-8-17(14-16)28(26,27)24-13-12-15-6-1-4-11-20(15)24/h1-11,14H,12-13H2,(H,23,25). The van der Waals surface area contributed by atoms with Crippen LogP contribution in [-0.2, 0) is 16.4 Å². The minimum atomic E-state index is -3.81. The summed E-state index contributed by atoms with van der Waals surface area (Å²) in [6, 6.07) is 18.9. The Kier molecular flexibility index (Phi) is 4.60. The van der Waals surface area contributed by atoms with Crippen LogP contribution >= 0.6 is 0 Å². The maximum Gasteiger partial charge on any atom is 0.264 e. The zero-order chi connectivity index (χ0) is 19.7. The van der Waals surface area contributed by atoms with Crippen molar-refractivity contribution in [2.45, 2.75) is 11.3 Å². The summed E-state index contributed by atoms with van der Waals surface area (Å²) in [5.74, 6) is -1.14. The first kappa shape index (κ1) is 18.2. The van der Waals surface area contributed by atoms with Gasteiger partial charge in [0.15, 0.2) is 0 Å². The van der Waals surface area contributed by atoms with Crippen LogP contribution in [0.5, 0.6) is 0 Å². The van der Waals surface area contributed by atoms with Crippen LogP contribution in [-0.4, -0.2) is 20.9 Å². The van der Waals surface area contributed by atoms with E-state index in [9.17, 15) is 17.6 Å². The Labute approximate surface area is 162 Å². The molecule has 0 fully saturated rings. The second-order valence-electron chi connectivity index (χ2n) is 6.42. The van der Waals surface area contributed by atoms with E-state index in [-0.39, 0.29) is 16.1 Å². The highest BCUT2D eigenvalue weighted by atomic mass is 32.2. The molecule has 1 aliphatic heterocycles. The van der Waals surface area contributed by atoms with Crippen molar-refractivity contribution in [3.05, 3.63) is 89.7 Å². The van der Waals surface area contributed by atoms with Gasteiger partial charge in [-0.05, 0) is 48.4 Å². The SMILES string of the molecule is O=C(Nc1ccccc1F)c1cccc(S(=O)(=O)N2CCc3ccccc32)c1. The summed E-state index contributed by atoms with van der Waals surface area (Å²) in [6.45, 7) is 0.354. The van der Waals surface area contributed by atoms with Gasteiger partial charge in [0.1, 0.15) is 5.82 Å². The zero-order valence-electron chi connectivity index (χ0n) is 14.8. The molecule has 0 radical (unpaired) electrons. The Balaban J connectivity index is 1.64. The molecule has 1 aliphatic rings. The van der Waals surface area contributed by atoms with Crippen LogP contribution < -0.4 is 9.62 Å². The lowest BCUT2D eigenvalue weighted by Gasteiger charge is -2.20. The highest BCUT2D eigenvalue weighted by Crippen LogP contribution is 2.32. The van der Waals surface area contributed by atoms with Crippen molar-refractivity contribution in [3.8, 4) is 0 Å². The molecular weight excluding hydrogens is 379 g/mol. The second kappa shape index (κ2) is 7.09. The number of hydrogen-bond acceptors (Lipinski definition) is 3. The minimum Gasteiger partial charge on any atom is -0.319 e. The summed E-state index contributed by atoms with van der Waals surface area (Å²) in [6.07, 6.45) is 0.642. The average molecular weight is 396 g/mol. The lowest BCUT2D eigenvalue weighted by molar-refractivity contribution is 0.102. The molecular formula is C21H17FN2O3S. The van der Waals surface area contributed by atoms with Crippen LogP contribution in [0.4, 0.5) is 15.8 Å². The third kappa shape index (κ3) is 3.25. The second-order valence-corrected chi connectivity index (χ2v) is 8.28. The third-order valence-corrected chi connectivity index (χ3v) is 6.46. The number of hydrogen-bond donors (Lipinski definition) is 1. The molecule has 1 N–H and O–H groups in total. The number of nitrogens with zero attached hydrogens (tertiary/aromatic N) is 1. The topological polar surface area (TPSA) is 66.5 Å². The van der Waals surface area contributed by atoms with Gasteiger partial charge in [-0.3, -0.25) is 9.10 Å². The molecule has 0 atom stereocenters. The van der Waals surface area contributed by atoms with E-state index < -0.39 is 21.7 Å². The maximum atomic E-state index is 13.8. The van der Waals surface area contributed by atoms with E-state index in [1.54, 1.807) is 18.2 Å². The molecule has 7 heteroatoms. The smallest absolute Gasteiger partial charge is 0.264 e. The van der Waals surface area contributed by atoms with E-state index >= 15 is 0 Å². The van der Waals surface area contributed by atoms with Crippen molar-refractivity contribution in [1.29, 1.82) is 0 Å². The summed E-state index contributed by atoms with van der Waals surface area (Å²) in [4.78, 5) is 12.5. The van der Waals surface area contributed by atoms with Gasteiger partial charge in [-0.15, -0.1) is 0 Å². The normalized spacial score (nSPS) is 13.2. The van der Waals surface area contributed by atoms with Gasteiger partial charge in [-0.1, -0.05) is 36.4 Å². The molecule has 0 unspecified atom stereocenters. The van der Waals surface area contributed by atoms with Crippen molar-refractivity contribution in [1.82, 2.24) is 0 Å². The molecule has 3 aromatic carbocycles. The van der Waals surface area contributed by atoms with Crippen LogP contribution in [0.2, 0.25) is 0 Å². The van der Waals surface area contributed by atoms with E-state index in [1.165, 1.54) is 46.8 Å². The predicted octanol–water partition coefficient (Wildman–Crippen LogP) is 3.83. The van der Waals surface area contributed by atoms with Crippen LogP contribution in [0, 0.1) is 5.82 Å². The highest BCUT2D eigenvalue weighted by molar-refractivity contribution is 7.92. The first-order valence-corrected chi connectivity index (χ1v) is 10.2. The van der Waals surface area contributed by atoms with Crippen molar-refractivity contribution < 1.29 is 17.6 Å². The van der Waals surface area contributed by atoms with Crippen molar-refractivity contribution in [2.24, 2.45) is 0 Å². The molecule has 0 bridgehead atoms. The number of para-hydroxylation sites is 2. The number of sulfonamides is 1. The molecule has 3 aromatic rings. The lowest BCUT2D eigenvalue weighted by atomic mass is 10.2. The molecule has 28 heavy (non-hydrogen) atoms. The fourth-order valence-corrected chi connectivity index (χ4v) is 4.79. The Morgan fingerprint density at radius 3 is 2.54 bits per heavy atom. The summed E-state index contributed by atoms with van der Waals surface area (Å²) < 4.78 is 41.4. The van der Waals surface area contributed by atoms with Crippen LogP contribution in [0.15, 0.2) is 77.7 Å². The number of fused-ring (bicyclic) bond motifs is 1. The fraction of sp³-hybridized carbons (Fsp3) is 0.0952. The number of halogens is 1. The minimum absolute atomic E-state index is 0.0189. The van der Waals surface area contributed by atoms with E-state index in [0.29, 0.717) is 18.7 Å². The molecule has 0 saturated carbocycles. The summed E-state index contributed by atoms with van der Waals surface area (Å²) >= 11 is 0. The zero-order valence-corrected chi connectivity index (χ0v) is 15.6. The van der Waals surface area contributed by atoms with E-state index in [0.717, 1.165) is 5.56 Å². The quantitative estimate of drug-likeness (QED) is 0.729. The number of anilines is 2.